The molecule has 0 aromatic carbocycles. The van der Waals surface area contributed by atoms with Gasteiger partial charge in [0.15, 0.2) is 0 Å². The summed E-state index contributed by atoms with van der Waals surface area (Å²) in [6, 6.07) is 1.97. The molecular formula is C10H17NO. The molecule has 0 fully saturated rings. The number of hydrogen-bond donors (Lipinski definition) is 0. The van der Waals surface area contributed by atoms with Crippen LogP contribution >= 0.6 is 0 Å². The maximum absolute atomic E-state index is 5.07. The monoisotopic (exact) mass is 167 g/mol. The van der Waals surface area contributed by atoms with Crippen LogP contribution in [-0.2, 0) is 6.42 Å². The SMILES string of the molecule is CC.CCc1ccncc1OC. The molecule has 0 saturated carbocycles. The van der Waals surface area contributed by atoms with Crippen LogP contribution in [0, 0.1) is 0 Å². The first kappa shape index (κ1) is 11.0. The van der Waals surface area contributed by atoms with Gasteiger partial charge in [-0.15, -0.1) is 0 Å². The fourth-order valence-electron chi connectivity index (χ4n) is 0.885. The van der Waals surface area contributed by atoms with Gasteiger partial charge < -0.3 is 4.74 Å². The first-order chi connectivity index (χ1) is 5.88. The van der Waals surface area contributed by atoms with Gasteiger partial charge in [0, 0.05) is 6.20 Å². The highest BCUT2D eigenvalue weighted by atomic mass is 16.5. The molecule has 68 valence electrons. The third-order valence-corrected chi connectivity index (χ3v) is 1.47. The average Bonchev–Trinajstić information content (AvgIpc) is 2.20. The van der Waals surface area contributed by atoms with Gasteiger partial charge in [0.05, 0.1) is 13.3 Å². The molecule has 0 aliphatic carbocycles. The van der Waals surface area contributed by atoms with Crippen LogP contribution in [0.4, 0.5) is 0 Å². The van der Waals surface area contributed by atoms with E-state index in [-0.39, 0.29) is 0 Å². The van der Waals surface area contributed by atoms with Crippen molar-refractivity contribution in [2.75, 3.05) is 7.11 Å². The van der Waals surface area contributed by atoms with E-state index in [9.17, 15) is 0 Å². The van der Waals surface area contributed by atoms with Gasteiger partial charge in [0.2, 0.25) is 0 Å². The molecule has 0 aliphatic heterocycles. The highest BCUT2D eigenvalue weighted by Gasteiger charge is 1.96. The Kier molecular flexibility index (Phi) is 6.07. The van der Waals surface area contributed by atoms with Gasteiger partial charge >= 0.3 is 0 Å². The highest BCUT2D eigenvalue weighted by Crippen LogP contribution is 2.15. The predicted molar refractivity (Wildman–Crippen MR) is 51.5 cm³/mol. The lowest BCUT2D eigenvalue weighted by atomic mass is 10.2. The van der Waals surface area contributed by atoms with E-state index in [2.05, 4.69) is 11.9 Å². The van der Waals surface area contributed by atoms with Gasteiger partial charge in [-0.25, -0.2) is 0 Å². The molecule has 1 aromatic rings. The molecule has 0 atom stereocenters. The molecule has 0 bridgehead atoms. The van der Waals surface area contributed by atoms with Gasteiger partial charge in [0.25, 0.3) is 0 Å². The number of ether oxygens (including phenoxy) is 1. The normalized spacial score (nSPS) is 8.33. The fourth-order valence-corrected chi connectivity index (χ4v) is 0.885. The van der Waals surface area contributed by atoms with E-state index >= 15 is 0 Å². The summed E-state index contributed by atoms with van der Waals surface area (Å²) in [5.41, 5.74) is 1.21. The maximum atomic E-state index is 5.07. The number of nitrogens with zero attached hydrogens (tertiary/aromatic N) is 1. The topological polar surface area (TPSA) is 22.1 Å². The third-order valence-electron chi connectivity index (χ3n) is 1.47. The Morgan fingerprint density at radius 1 is 1.42 bits per heavy atom. The van der Waals surface area contributed by atoms with Crippen LogP contribution in [-0.4, -0.2) is 12.1 Å². The predicted octanol–water partition coefficient (Wildman–Crippen LogP) is 2.68. The van der Waals surface area contributed by atoms with Crippen LogP contribution in [0.3, 0.4) is 0 Å². The number of methoxy groups -OCH3 is 1. The molecule has 0 radical (unpaired) electrons. The number of aryl methyl sites for hydroxylation is 1. The molecule has 2 nitrogen and oxygen atoms in total. The van der Waals surface area contributed by atoms with Crippen LogP contribution in [0.5, 0.6) is 5.75 Å². The fraction of sp³-hybridized carbons (Fsp3) is 0.500. The largest absolute Gasteiger partial charge is 0.495 e. The minimum Gasteiger partial charge on any atom is -0.495 e. The van der Waals surface area contributed by atoms with Crippen molar-refractivity contribution >= 4 is 0 Å². The van der Waals surface area contributed by atoms with Crippen molar-refractivity contribution in [1.82, 2.24) is 4.98 Å². The second kappa shape index (κ2) is 6.65. The molecule has 0 saturated heterocycles. The van der Waals surface area contributed by atoms with E-state index in [0.29, 0.717) is 0 Å². The van der Waals surface area contributed by atoms with Crippen molar-refractivity contribution in [2.45, 2.75) is 27.2 Å². The minimum atomic E-state index is 0.880. The van der Waals surface area contributed by atoms with Gasteiger partial charge in [0.1, 0.15) is 5.75 Å². The summed E-state index contributed by atoms with van der Waals surface area (Å²) in [6.07, 6.45) is 4.51. The first-order valence-corrected chi connectivity index (χ1v) is 4.35. The van der Waals surface area contributed by atoms with Gasteiger partial charge in [-0.2, -0.15) is 0 Å². The molecule has 0 aliphatic rings. The molecular weight excluding hydrogens is 150 g/mol. The summed E-state index contributed by atoms with van der Waals surface area (Å²) in [5, 5.41) is 0. The molecule has 0 unspecified atom stereocenters. The van der Waals surface area contributed by atoms with Crippen molar-refractivity contribution in [3.05, 3.63) is 24.0 Å². The summed E-state index contributed by atoms with van der Waals surface area (Å²) in [5.74, 6) is 0.880. The summed E-state index contributed by atoms with van der Waals surface area (Å²) in [7, 11) is 1.66. The van der Waals surface area contributed by atoms with Crippen molar-refractivity contribution in [2.24, 2.45) is 0 Å². The molecule has 1 aromatic heterocycles. The van der Waals surface area contributed by atoms with Crippen molar-refractivity contribution in [3.8, 4) is 5.75 Å². The average molecular weight is 167 g/mol. The van der Waals surface area contributed by atoms with Crippen molar-refractivity contribution in [3.63, 3.8) is 0 Å². The Labute approximate surface area is 74.6 Å². The van der Waals surface area contributed by atoms with E-state index in [4.69, 9.17) is 4.74 Å². The van der Waals surface area contributed by atoms with Crippen LogP contribution in [0.2, 0.25) is 0 Å². The standard InChI is InChI=1S/C8H11NO.C2H6/c1-3-7-4-5-9-6-8(7)10-2;1-2/h4-6H,3H2,1-2H3;1-2H3. The second-order valence-electron chi connectivity index (χ2n) is 2.04. The smallest absolute Gasteiger partial charge is 0.140 e. The summed E-state index contributed by atoms with van der Waals surface area (Å²) < 4.78 is 5.07. The Bertz CT molecular complexity index is 188. The van der Waals surface area contributed by atoms with Gasteiger partial charge in [-0.1, -0.05) is 20.8 Å². The zero-order valence-corrected chi connectivity index (χ0v) is 8.29. The summed E-state index contributed by atoms with van der Waals surface area (Å²) >= 11 is 0. The lowest BCUT2D eigenvalue weighted by Gasteiger charge is -2.03. The molecule has 1 rings (SSSR count). The van der Waals surface area contributed by atoms with Crippen LogP contribution in [0.15, 0.2) is 18.5 Å². The molecule has 0 amide bonds. The zero-order valence-electron chi connectivity index (χ0n) is 8.29. The van der Waals surface area contributed by atoms with Gasteiger partial charge in [-0.05, 0) is 18.1 Å². The lowest BCUT2D eigenvalue weighted by Crippen LogP contribution is -1.90. The molecule has 0 spiro atoms. The van der Waals surface area contributed by atoms with E-state index in [0.717, 1.165) is 12.2 Å². The van der Waals surface area contributed by atoms with E-state index in [1.54, 1.807) is 19.5 Å². The van der Waals surface area contributed by atoms with Crippen LogP contribution in [0.1, 0.15) is 26.3 Å². The molecule has 2 heteroatoms. The van der Waals surface area contributed by atoms with Crippen molar-refractivity contribution in [1.29, 1.82) is 0 Å². The number of aromatic nitrogens is 1. The quantitative estimate of drug-likeness (QED) is 0.675. The number of hydrogen-bond acceptors (Lipinski definition) is 2. The lowest BCUT2D eigenvalue weighted by molar-refractivity contribution is 0.408. The van der Waals surface area contributed by atoms with Crippen LogP contribution < -0.4 is 4.74 Å². The molecule has 12 heavy (non-hydrogen) atoms. The summed E-state index contributed by atoms with van der Waals surface area (Å²) in [6.45, 7) is 6.10. The van der Waals surface area contributed by atoms with E-state index < -0.39 is 0 Å². The molecule has 0 N–H and O–H groups in total. The second-order valence-corrected chi connectivity index (χ2v) is 2.04. The summed E-state index contributed by atoms with van der Waals surface area (Å²) in [4.78, 5) is 3.94. The third kappa shape index (κ3) is 2.91. The number of pyridine rings is 1. The minimum absolute atomic E-state index is 0.880. The number of rotatable bonds is 2. The van der Waals surface area contributed by atoms with E-state index in [1.165, 1.54) is 5.56 Å². The van der Waals surface area contributed by atoms with Crippen LogP contribution in [0.25, 0.3) is 0 Å². The van der Waals surface area contributed by atoms with Crippen molar-refractivity contribution < 1.29 is 4.74 Å². The van der Waals surface area contributed by atoms with E-state index in [1.807, 2.05) is 19.9 Å². The van der Waals surface area contributed by atoms with Gasteiger partial charge in [-0.3, -0.25) is 4.98 Å². The first-order valence-electron chi connectivity index (χ1n) is 4.35. The Morgan fingerprint density at radius 3 is 2.50 bits per heavy atom. The Balaban J connectivity index is 0.000000561. The maximum Gasteiger partial charge on any atom is 0.140 e. The zero-order chi connectivity index (χ0) is 9.40. The Morgan fingerprint density at radius 2 is 2.08 bits per heavy atom. The highest BCUT2D eigenvalue weighted by molar-refractivity contribution is 5.29. The Hall–Kier alpha value is -1.05. The molecule has 1 heterocycles.